The van der Waals surface area contributed by atoms with Gasteiger partial charge in [0.1, 0.15) is 0 Å². The molecule has 1 saturated heterocycles. The molecule has 1 spiro atoms. The predicted molar refractivity (Wildman–Crippen MR) is 91.5 cm³/mol. The summed E-state index contributed by atoms with van der Waals surface area (Å²) in [4.78, 5) is 15.7. The average Bonchev–Trinajstić information content (AvgIpc) is 3.08. The van der Waals surface area contributed by atoms with E-state index in [2.05, 4.69) is 17.5 Å². The molecule has 1 aliphatic carbocycles. The monoisotopic (exact) mass is 337 g/mol. The fourth-order valence-electron chi connectivity index (χ4n) is 4.02. The van der Waals surface area contributed by atoms with Gasteiger partial charge in [0.2, 0.25) is 5.91 Å². The molecule has 1 aliphatic heterocycles. The molecule has 3 rings (SSSR count). The van der Waals surface area contributed by atoms with E-state index in [4.69, 9.17) is 4.74 Å². The summed E-state index contributed by atoms with van der Waals surface area (Å²) in [5.41, 5.74) is -0.0935. The van der Waals surface area contributed by atoms with Crippen molar-refractivity contribution in [3.63, 3.8) is 0 Å². The van der Waals surface area contributed by atoms with Crippen molar-refractivity contribution in [3.8, 4) is 0 Å². The fourth-order valence-corrected chi connectivity index (χ4v) is 4.77. The Labute approximate surface area is 142 Å². The van der Waals surface area contributed by atoms with Gasteiger partial charge in [0, 0.05) is 42.8 Å². The van der Waals surface area contributed by atoms with Crippen LogP contribution >= 0.6 is 11.3 Å². The van der Waals surface area contributed by atoms with Gasteiger partial charge in [-0.25, -0.2) is 0 Å². The van der Waals surface area contributed by atoms with Gasteiger partial charge in [-0.1, -0.05) is 6.07 Å². The first kappa shape index (κ1) is 16.9. The number of piperidine rings is 1. The minimum absolute atomic E-state index is 0.0935. The van der Waals surface area contributed by atoms with Gasteiger partial charge in [-0.3, -0.25) is 4.79 Å². The number of aliphatic hydroxyl groups excluding tert-OH is 1. The summed E-state index contributed by atoms with van der Waals surface area (Å²) in [6.45, 7) is 4.23. The molecule has 23 heavy (non-hydrogen) atoms. The summed E-state index contributed by atoms with van der Waals surface area (Å²) in [7, 11) is 0. The van der Waals surface area contributed by atoms with Gasteiger partial charge in [-0.2, -0.15) is 0 Å². The Balaban J connectivity index is 1.44. The minimum atomic E-state index is -0.255. The van der Waals surface area contributed by atoms with Crippen LogP contribution in [0.15, 0.2) is 17.5 Å². The summed E-state index contributed by atoms with van der Waals surface area (Å²) in [6.07, 6.45) is 4.96. The normalized spacial score (nSPS) is 26.3. The lowest BCUT2D eigenvalue weighted by Crippen LogP contribution is -2.62. The molecule has 0 bridgehead atoms. The van der Waals surface area contributed by atoms with Gasteiger partial charge in [0.15, 0.2) is 0 Å². The number of hydrogen-bond acceptors (Lipinski definition) is 4. The highest BCUT2D eigenvalue weighted by atomic mass is 32.1. The van der Waals surface area contributed by atoms with E-state index in [-0.39, 0.29) is 23.5 Å². The maximum Gasteiger partial charge on any atom is 0.222 e. The minimum Gasteiger partial charge on any atom is -0.392 e. The second-order valence-electron chi connectivity index (χ2n) is 6.74. The molecule has 4 nitrogen and oxygen atoms in total. The van der Waals surface area contributed by atoms with Crippen molar-refractivity contribution in [2.75, 3.05) is 19.7 Å². The summed E-state index contributed by atoms with van der Waals surface area (Å²) < 4.78 is 5.78. The van der Waals surface area contributed by atoms with Gasteiger partial charge in [-0.05, 0) is 44.1 Å². The first-order valence-electron chi connectivity index (χ1n) is 8.75. The van der Waals surface area contributed by atoms with E-state index in [0.29, 0.717) is 13.0 Å². The smallest absolute Gasteiger partial charge is 0.222 e. The van der Waals surface area contributed by atoms with Crippen molar-refractivity contribution in [1.82, 2.24) is 4.90 Å². The maximum atomic E-state index is 12.4. The standard InChI is InChI=1S/C18H27NO3S/c1-2-22-16-13-15(20)18(16)8-10-19(11-9-18)17(21)7-3-5-14-6-4-12-23-14/h4,6,12,15-16,20H,2-3,5,7-11,13H2,1H3/t15-,16+/m1/s1. The van der Waals surface area contributed by atoms with Gasteiger partial charge in [0.05, 0.1) is 12.2 Å². The summed E-state index contributed by atoms with van der Waals surface area (Å²) in [6, 6.07) is 4.19. The highest BCUT2D eigenvalue weighted by Crippen LogP contribution is 2.50. The largest absolute Gasteiger partial charge is 0.392 e. The quantitative estimate of drug-likeness (QED) is 0.868. The second kappa shape index (κ2) is 7.32. The van der Waals surface area contributed by atoms with Crippen LogP contribution in [-0.2, 0) is 16.0 Å². The number of hydrogen-bond donors (Lipinski definition) is 1. The van der Waals surface area contributed by atoms with E-state index >= 15 is 0 Å². The highest BCUT2D eigenvalue weighted by Gasteiger charge is 2.56. The van der Waals surface area contributed by atoms with Crippen molar-refractivity contribution in [3.05, 3.63) is 22.4 Å². The molecular weight excluding hydrogens is 310 g/mol. The van der Waals surface area contributed by atoms with Gasteiger partial charge >= 0.3 is 0 Å². The molecule has 0 radical (unpaired) electrons. The van der Waals surface area contributed by atoms with E-state index in [0.717, 1.165) is 45.2 Å². The first-order valence-corrected chi connectivity index (χ1v) is 9.63. The SMILES string of the molecule is CCO[C@H]1C[C@@H](O)C12CCN(C(=O)CCCc1cccs1)CC2. The Morgan fingerprint density at radius 3 is 2.87 bits per heavy atom. The first-order chi connectivity index (χ1) is 11.2. The zero-order valence-electron chi connectivity index (χ0n) is 13.9. The van der Waals surface area contributed by atoms with Crippen LogP contribution in [0.2, 0.25) is 0 Å². The van der Waals surface area contributed by atoms with Crippen molar-refractivity contribution < 1.29 is 14.6 Å². The van der Waals surface area contributed by atoms with E-state index in [1.54, 1.807) is 11.3 Å². The van der Waals surface area contributed by atoms with Crippen LogP contribution in [0.5, 0.6) is 0 Å². The summed E-state index contributed by atoms with van der Waals surface area (Å²) >= 11 is 1.76. The number of thiophene rings is 1. The van der Waals surface area contributed by atoms with Crippen molar-refractivity contribution in [2.24, 2.45) is 5.41 Å². The summed E-state index contributed by atoms with van der Waals surface area (Å²) in [5, 5.41) is 12.3. The molecule has 1 aromatic heterocycles. The Morgan fingerprint density at radius 1 is 1.48 bits per heavy atom. The molecule has 1 amide bonds. The average molecular weight is 337 g/mol. The molecule has 2 fully saturated rings. The van der Waals surface area contributed by atoms with Crippen LogP contribution in [0.3, 0.4) is 0 Å². The van der Waals surface area contributed by atoms with E-state index < -0.39 is 0 Å². The molecule has 1 aromatic rings. The number of rotatable bonds is 6. The van der Waals surface area contributed by atoms with Crippen molar-refractivity contribution in [1.29, 1.82) is 0 Å². The van der Waals surface area contributed by atoms with Crippen LogP contribution in [0.1, 0.15) is 43.9 Å². The maximum absolute atomic E-state index is 12.4. The van der Waals surface area contributed by atoms with Crippen molar-refractivity contribution >= 4 is 17.2 Å². The molecule has 2 atom stereocenters. The number of aryl methyl sites for hydroxylation is 1. The molecule has 1 saturated carbocycles. The zero-order valence-corrected chi connectivity index (χ0v) is 14.7. The Hall–Kier alpha value is -0.910. The second-order valence-corrected chi connectivity index (χ2v) is 7.77. The van der Waals surface area contributed by atoms with Crippen LogP contribution in [0, 0.1) is 5.41 Å². The van der Waals surface area contributed by atoms with Gasteiger partial charge < -0.3 is 14.7 Å². The lowest BCUT2D eigenvalue weighted by molar-refractivity contribution is -0.210. The lowest BCUT2D eigenvalue weighted by Gasteiger charge is -2.56. The van der Waals surface area contributed by atoms with Crippen LogP contribution in [0.25, 0.3) is 0 Å². The Morgan fingerprint density at radius 2 is 2.26 bits per heavy atom. The number of likely N-dealkylation sites (tertiary alicyclic amines) is 1. The zero-order chi connectivity index (χ0) is 16.3. The molecule has 128 valence electrons. The van der Waals surface area contributed by atoms with Crippen LogP contribution in [-0.4, -0.2) is 47.8 Å². The number of ether oxygens (including phenoxy) is 1. The van der Waals surface area contributed by atoms with Crippen LogP contribution in [0.4, 0.5) is 0 Å². The summed E-state index contributed by atoms with van der Waals surface area (Å²) in [5.74, 6) is 0.262. The molecule has 0 unspecified atom stereocenters. The van der Waals surface area contributed by atoms with Gasteiger partial charge in [-0.15, -0.1) is 11.3 Å². The third-order valence-corrected chi connectivity index (χ3v) is 6.49. The molecule has 2 heterocycles. The topological polar surface area (TPSA) is 49.8 Å². The van der Waals surface area contributed by atoms with E-state index in [9.17, 15) is 9.90 Å². The third kappa shape index (κ3) is 3.47. The van der Waals surface area contributed by atoms with Crippen molar-refractivity contribution in [2.45, 2.75) is 57.7 Å². The van der Waals surface area contributed by atoms with Crippen LogP contribution < -0.4 is 0 Å². The lowest BCUT2D eigenvalue weighted by atomic mass is 9.58. The number of aliphatic hydroxyl groups is 1. The molecule has 5 heteroatoms. The molecule has 2 aliphatic rings. The van der Waals surface area contributed by atoms with E-state index in [1.165, 1.54) is 4.88 Å². The molecule has 1 N–H and O–H groups in total. The predicted octanol–water partition coefficient (Wildman–Crippen LogP) is 2.85. The third-order valence-electron chi connectivity index (χ3n) is 5.55. The Kier molecular flexibility index (Phi) is 5.39. The highest BCUT2D eigenvalue weighted by molar-refractivity contribution is 7.09. The Bertz CT molecular complexity index is 506. The number of nitrogens with zero attached hydrogens (tertiary/aromatic N) is 1. The van der Waals surface area contributed by atoms with E-state index in [1.807, 2.05) is 11.8 Å². The van der Waals surface area contributed by atoms with Gasteiger partial charge in [0.25, 0.3) is 0 Å². The number of carbonyl (C=O) groups excluding carboxylic acids is 1. The molecule has 0 aromatic carbocycles. The number of carbonyl (C=O) groups is 1. The number of amides is 1. The fraction of sp³-hybridized carbons (Fsp3) is 0.722. The molecular formula is C18H27NO3S.